The zero-order valence-corrected chi connectivity index (χ0v) is 15.8. The van der Waals surface area contributed by atoms with Gasteiger partial charge in [-0.3, -0.25) is 0 Å². The van der Waals surface area contributed by atoms with Crippen LogP contribution in [0.2, 0.25) is 0 Å². The molecule has 0 amide bonds. The van der Waals surface area contributed by atoms with E-state index < -0.39 is 5.97 Å². The van der Waals surface area contributed by atoms with Gasteiger partial charge >= 0.3 is 5.97 Å². The molecule has 4 rings (SSSR count). The number of fused-ring (bicyclic) bond motifs is 1. The summed E-state index contributed by atoms with van der Waals surface area (Å²) in [6.45, 7) is 2.08. The van der Waals surface area contributed by atoms with Gasteiger partial charge in [0.25, 0.3) is 0 Å². The number of benzene rings is 1. The van der Waals surface area contributed by atoms with Crippen molar-refractivity contribution in [1.29, 1.82) is 0 Å². The number of hydrogen-bond acceptors (Lipinski definition) is 4. The fraction of sp³-hybridized carbons (Fsp3) is 0.143. The summed E-state index contributed by atoms with van der Waals surface area (Å²) < 4.78 is 5.35. The van der Waals surface area contributed by atoms with Gasteiger partial charge in [0, 0.05) is 34.0 Å². The summed E-state index contributed by atoms with van der Waals surface area (Å²) in [5.74, 6) is -0.232. The number of H-pyrrole nitrogens is 1. The van der Waals surface area contributed by atoms with Gasteiger partial charge in [-0.2, -0.15) is 0 Å². The van der Waals surface area contributed by atoms with Crippen molar-refractivity contribution in [3.05, 3.63) is 70.4 Å². The van der Waals surface area contributed by atoms with Gasteiger partial charge in [0.05, 0.1) is 17.7 Å². The first kappa shape index (κ1) is 17.3. The first-order chi connectivity index (χ1) is 13.0. The zero-order valence-electron chi connectivity index (χ0n) is 14.9. The lowest BCUT2D eigenvalue weighted by molar-refractivity contribution is 0.0690. The molecule has 4 aromatic rings. The number of pyridine rings is 1. The fourth-order valence-corrected chi connectivity index (χ4v) is 4.10. The predicted molar refractivity (Wildman–Crippen MR) is 107 cm³/mol. The molecular formula is C21H18N2O3S. The molecule has 0 unspecified atom stereocenters. The van der Waals surface area contributed by atoms with Gasteiger partial charge in [-0.1, -0.05) is 6.07 Å². The molecule has 2 N–H and O–H groups in total. The molecule has 0 spiro atoms. The van der Waals surface area contributed by atoms with Crippen molar-refractivity contribution in [2.45, 2.75) is 13.3 Å². The van der Waals surface area contributed by atoms with Crippen molar-refractivity contribution in [2.75, 3.05) is 7.11 Å². The highest BCUT2D eigenvalue weighted by atomic mass is 32.1. The molecule has 0 radical (unpaired) electrons. The molecule has 0 aliphatic rings. The number of carboxylic acid groups (broad SMARTS) is 1. The molecule has 0 fully saturated rings. The molecule has 1 aromatic carbocycles. The maximum Gasteiger partial charge on any atom is 0.354 e. The molecule has 0 saturated carbocycles. The van der Waals surface area contributed by atoms with Crippen molar-refractivity contribution in [1.82, 2.24) is 9.97 Å². The normalized spacial score (nSPS) is 11.0. The standard InChI is InChI=1S/C21H18N2O3S/c1-12-6-9-19(27-12)20-16(10-13-4-3-5-17(22-13)21(24)25)15-8-7-14(26-2)11-18(15)23-20/h3-9,11,23H,10H2,1-2H3,(H,24,25). The Morgan fingerprint density at radius 3 is 2.78 bits per heavy atom. The van der Waals surface area contributed by atoms with Crippen LogP contribution in [0.25, 0.3) is 21.5 Å². The molecule has 5 nitrogen and oxygen atoms in total. The number of hydrogen-bond donors (Lipinski definition) is 2. The van der Waals surface area contributed by atoms with E-state index in [-0.39, 0.29) is 5.69 Å². The first-order valence-corrected chi connectivity index (χ1v) is 9.31. The third kappa shape index (κ3) is 3.31. The molecule has 27 heavy (non-hydrogen) atoms. The minimum Gasteiger partial charge on any atom is -0.497 e. The predicted octanol–water partition coefficient (Wildman–Crippen LogP) is 4.90. The van der Waals surface area contributed by atoms with E-state index in [1.165, 1.54) is 10.9 Å². The van der Waals surface area contributed by atoms with Crippen LogP contribution in [-0.4, -0.2) is 28.2 Å². The van der Waals surface area contributed by atoms with E-state index in [1.54, 1.807) is 24.5 Å². The van der Waals surface area contributed by atoms with Crippen LogP contribution in [-0.2, 0) is 6.42 Å². The molecule has 6 heteroatoms. The van der Waals surface area contributed by atoms with E-state index in [0.29, 0.717) is 6.42 Å². The summed E-state index contributed by atoms with van der Waals surface area (Å²) in [7, 11) is 1.65. The number of carbonyl (C=O) groups is 1. The minimum atomic E-state index is -1.02. The van der Waals surface area contributed by atoms with Gasteiger partial charge in [-0.05, 0) is 48.9 Å². The smallest absolute Gasteiger partial charge is 0.354 e. The van der Waals surface area contributed by atoms with Crippen LogP contribution in [0.1, 0.15) is 26.6 Å². The highest BCUT2D eigenvalue weighted by Crippen LogP contribution is 2.36. The summed E-state index contributed by atoms with van der Waals surface area (Å²) in [4.78, 5) is 21.4. The second-order valence-electron chi connectivity index (χ2n) is 6.30. The molecule has 3 heterocycles. The van der Waals surface area contributed by atoms with E-state index in [9.17, 15) is 9.90 Å². The molecule has 0 bridgehead atoms. The number of ether oxygens (including phenoxy) is 1. The van der Waals surface area contributed by atoms with Crippen molar-refractivity contribution in [3.63, 3.8) is 0 Å². The van der Waals surface area contributed by atoms with Gasteiger partial charge in [-0.25, -0.2) is 9.78 Å². The summed E-state index contributed by atoms with van der Waals surface area (Å²) in [6.07, 6.45) is 0.541. The molecule has 3 aromatic heterocycles. The van der Waals surface area contributed by atoms with E-state index in [1.807, 2.05) is 24.3 Å². The van der Waals surface area contributed by atoms with E-state index >= 15 is 0 Å². The number of aryl methyl sites for hydroxylation is 1. The topological polar surface area (TPSA) is 75.2 Å². The SMILES string of the molecule is COc1ccc2c(Cc3cccc(C(=O)O)n3)c(-c3ccc(C)s3)[nH]c2c1. The monoisotopic (exact) mass is 378 g/mol. The Morgan fingerprint density at radius 1 is 1.22 bits per heavy atom. The van der Waals surface area contributed by atoms with Crippen LogP contribution in [0.4, 0.5) is 0 Å². The van der Waals surface area contributed by atoms with Gasteiger partial charge in [0.1, 0.15) is 11.4 Å². The van der Waals surface area contributed by atoms with Crippen LogP contribution in [0, 0.1) is 6.92 Å². The Hall–Kier alpha value is -3.12. The third-order valence-electron chi connectivity index (χ3n) is 4.48. The molecule has 136 valence electrons. The molecule has 0 aliphatic heterocycles. The van der Waals surface area contributed by atoms with Gasteiger partial charge in [-0.15, -0.1) is 11.3 Å². The Kier molecular flexibility index (Phi) is 4.41. The van der Waals surface area contributed by atoms with Crippen LogP contribution < -0.4 is 4.74 Å². The number of nitrogens with zero attached hydrogens (tertiary/aromatic N) is 1. The lowest BCUT2D eigenvalue weighted by atomic mass is 10.0. The van der Waals surface area contributed by atoms with Gasteiger partial charge in [0.2, 0.25) is 0 Å². The van der Waals surface area contributed by atoms with Crippen molar-refractivity contribution < 1.29 is 14.6 Å². The molecule has 0 saturated heterocycles. The summed E-state index contributed by atoms with van der Waals surface area (Å²) in [6, 6.07) is 15.2. The molecular weight excluding hydrogens is 360 g/mol. The Labute approximate surface area is 160 Å². The third-order valence-corrected chi connectivity index (χ3v) is 5.50. The van der Waals surface area contributed by atoms with Crippen LogP contribution in [0.15, 0.2) is 48.5 Å². The summed E-state index contributed by atoms with van der Waals surface area (Å²) in [5, 5.41) is 10.3. The minimum absolute atomic E-state index is 0.0579. The van der Waals surface area contributed by atoms with Crippen molar-refractivity contribution >= 4 is 28.2 Å². The summed E-state index contributed by atoms with van der Waals surface area (Å²) >= 11 is 1.72. The number of methoxy groups -OCH3 is 1. The number of aromatic amines is 1. The van der Waals surface area contributed by atoms with Crippen LogP contribution >= 0.6 is 11.3 Å². The number of thiophene rings is 1. The average molecular weight is 378 g/mol. The number of aromatic nitrogens is 2. The second kappa shape index (κ2) is 6.89. The Morgan fingerprint density at radius 2 is 2.07 bits per heavy atom. The largest absolute Gasteiger partial charge is 0.497 e. The van der Waals surface area contributed by atoms with Crippen molar-refractivity contribution in [2.24, 2.45) is 0 Å². The van der Waals surface area contributed by atoms with Gasteiger partial charge in [0.15, 0.2) is 0 Å². The number of rotatable bonds is 5. The highest BCUT2D eigenvalue weighted by molar-refractivity contribution is 7.15. The fourth-order valence-electron chi connectivity index (χ4n) is 3.20. The maximum absolute atomic E-state index is 11.2. The van der Waals surface area contributed by atoms with E-state index in [2.05, 4.69) is 29.0 Å². The Balaban J connectivity index is 1.86. The average Bonchev–Trinajstić information content (AvgIpc) is 3.25. The molecule has 0 aliphatic carbocycles. The van der Waals surface area contributed by atoms with Crippen molar-refractivity contribution in [3.8, 4) is 16.3 Å². The highest BCUT2D eigenvalue weighted by Gasteiger charge is 2.17. The summed E-state index contributed by atoms with van der Waals surface area (Å²) in [5.41, 5.74) is 3.91. The maximum atomic E-state index is 11.2. The van der Waals surface area contributed by atoms with E-state index in [4.69, 9.17) is 4.74 Å². The van der Waals surface area contributed by atoms with Crippen LogP contribution in [0.3, 0.4) is 0 Å². The lowest BCUT2D eigenvalue weighted by Gasteiger charge is -2.05. The number of carboxylic acids is 1. The van der Waals surface area contributed by atoms with Crippen LogP contribution in [0.5, 0.6) is 5.75 Å². The second-order valence-corrected chi connectivity index (χ2v) is 7.58. The first-order valence-electron chi connectivity index (χ1n) is 8.50. The zero-order chi connectivity index (χ0) is 19.0. The number of nitrogens with one attached hydrogen (secondary N) is 1. The Bertz CT molecular complexity index is 1140. The quantitative estimate of drug-likeness (QED) is 0.518. The van der Waals surface area contributed by atoms with E-state index in [0.717, 1.165) is 38.5 Å². The lowest BCUT2D eigenvalue weighted by Crippen LogP contribution is -2.03. The number of aromatic carboxylic acids is 1. The van der Waals surface area contributed by atoms with Gasteiger partial charge < -0.3 is 14.8 Å². The molecule has 0 atom stereocenters.